The highest BCUT2D eigenvalue weighted by Crippen LogP contribution is 2.14. The van der Waals surface area contributed by atoms with E-state index in [0.717, 1.165) is 48.9 Å². The van der Waals surface area contributed by atoms with Crippen LogP contribution in [0.3, 0.4) is 0 Å². The molecule has 0 amide bonds. The molecule has 6 nitrogen and oxygen atoms in total. The molecule has 0 fully saturated rings. The number of hydrogen-bond acceptors (Lipinski definition) is 3. The lowest BCUT2D eigenvalue weighted by Crippen LogP contribution is -2.39. The highest BCUT2D eigenvalue weighted by atomic mass is 16.5. The number of aromatic nitrogens is 2. The van der Waals surface area contributed by atoms with E-state index in [1.54, 1.807) is 0 Å². The van der Waals surface area contributed by atoms with E-state index in [0.29, 0.717) is 12.5 Å². The van der Waals surface area contributed by atoms with Crippen molar-refractivity contribution in [3.8, 4) is 0 Å². The van der Waals surface area contributed by atoms with Gasteiger partial charge in [-0.05, 0) is 38.3 Å². The molecule has 0 aliphatic carbocycles. The smallest absolute Gasteiger partial charge is 0.191 e. The summed E-state index contributed by atoms with van der Waals surface area (Å²) in [6, 6.07) is 8.16. The lowest BCUT2D eigenvalue weighted by molar-refractivity contribution is 0.0258. The molecule has 0 saturated heterocycles. The number of aliphatic imine (C=N–C) groups is 1. The molecule has 0 aliphatic rings. The van der Waals surface area contributed by atoms with Crippen LogP contribution in [-0.4, -0.2) is 41.3 Å². The topological polar surface area (TPSA) is 63.5 Å². The summed E-state index contributed by atoms with van der Waals surface area (Å²) in [6.45, 7) is 11.5. The number of para-hydroxylation sites is 2. The maximum Gasteiger partial charge on any atom is 0.191 e. The van der Waals surface area contributed by atoms with E-state index in [1.165, 1.54) is 0 Å². The maximum absolute atomic E-state index is 5.81. The minimum Gasteiger partial charge on any atom is -0.378 e. The van der Waals surface area contributed by atoms with Gasteiger partial charge in [-0.1, -0.05) is 26.0 Å². The Hall–Kier alpha value is -2.08. The number of hydrogen-bond donors (Lipinski definition) is 2. The second-order valence-corrected chi connectivity index (χ2v) is 6.72. The lowest BCUT2D eigenvalue weighted by atomic mass is 10.0. The van der Waals surface area contributed by atoms with Crippen LogP contribution in [0.25, 0.3) is 11.0 Å². The molecular weight excluding hydrogens is 326 g/mol. The average molecular weight is 360 g/mol. The van der Waals surface area contributed by atoms with Gasteiger partial charge in [0, 0.05) is 26.7 Å². The van der Waals surface area contributed by atoms with Crippen molar-refractivity contribution in [1.82, 2.24) is 20.2 Å². The van der Waals surface area contributed by atoms with Crippen LogP contribution in [0.4, 0.5) is 0 Å². The van der Waals surface area contributed by atoms with Crippen molar-refractivity contribution in [2.24, 2.45) is 18.0 Å². The molecule has 0 aliphatic heterocycles. The number of nitrogens with zero attached hydrogens (tertiary/aromatic N) is 3. The molecule has 1 atom stereocenters. The number of imidazole rings is 1. The minimum atomic E-state index is 0.273. The van der Waals surface area contributed by atoms with Crippen LogP contribution in [0.15, 0.2) is 29.3 Å². The first kappa shape index (κ1) is 20.2. The van der Waals surface area contributed by atoms with Gasteiger partial charge in [-0.25, -0.2) is 9.98 Å². The number of benzene rings is 1. The van der Waals surface area contributed by atoms with E-state index in [9.17, 15) is 0 Å². The first-order valence-electron chi connectivity index (χ1n) is 9.60. The average Bonchev–Trinajstić information content (AvgIpc) is 2.95. The van der Waals surface area contributed by atoms with Crippen LogP contribution in [0.2, 0.25) is 0 Å². The first-order valence-corrected chi connectivity index (χ1v) is 9.60. The van der Waals surface area contributed by atoms with Gasteiger partial charge >= 0.3 is 0 Å². The zero-order valence-corrected chi connectivity index (χ0v) is 16.7. The van der Waals surface area contributed by atoms with Crippen molar-refractivity contribution in [3.63, 3.8) is 0 Å². The third-order valence-electron chi connectivity index (χ3n) is 4.45. The van der Waals surface area contributed by atoms with Crippen molar-refractivity contribution in [3.05, 3.63) is 30.1 Å². The van der Waals surface area contributed by atoms with E-state index in [1.807, 2.05) is 32.2 Å². The molecule has 0 spiro atoms. The van der Waals surface area contributed by atoms with Crippen molar-refractivity contribution in [2.45, 2.75) is 46.8 Å². The Balaban J connectivity index is 1.98. The molecule has 144 valence electrons. The number of aryl methyl sites for hydroxylation is 1. The summed E-state index contributed by atoms with van der Waals surface area (Å²) in [6.07, 6.45) is 1.23. The monoisotopic (exact) mass is 359 g/mol. The van der Waals surface area contributed by atoms with Crippen LogP contribution >= 0.6 is 0 Å². The molecule has 1 aromatic heterocycles. The number of ether oxygens (including phenoxy) is 1. The molecule has 1 aromatic carbocycles. The molecule has 2 rings (SSSR count). The Morgan fingerprint density at radius 2 is 2.00 bits per heavy atom. The molecule has 2 aromatic rings. The number of fused-ring (bicyclic) bond motifs is 1. The largest absolute Gasteiger partial charge is 0.378 e. The van der Waals surface area contributed by atoms with Gasteiger partial charge in [-0.15, -0.1) is 0 Å². The van der Waals surface area contributed by atoms with Gasteiger partial charge < -0.3 is 19.9 Å². The van der Waals surface area contributed by atoms with E-state index >= 15 is 0 Å². The van der Waals surface area contributed by atoms with Crippen molar-refractivity contribution in [1.29, 1.82) is 0 Å². The molecule has 26 heavy (non-hydrogen) atoms. The Labute approximate surface area is 157 Å². The van der Waals surface area contributed by atoms with Crippen LogP contribution in [0.1, 0.15) is 39.9 Å². The molecule has 0 bridgehead atoms. The van der Waals surface area contributed by atoms with Gasteiger partial charge in [0.15, 0.2) is 5.96 Å². The fourth-order valence-electron chi connectivity index (χ4n) is 2.98. The summed E-state index contributed by atoms with van der Waals surface area (Å²) in [5.74, 6) is 2.28. The molecule has 6 heteroatoms. The van der Waals surface area contributed by atoms with E-state index in [2.05, 4.69) is 47.0 Å². The highest BCUT2D eigenvalue weighted by Gasteiger charge is 2.13. The van der Waals surface area contributed by atoms with Crippen LogP contribution in [0.5, 0.6) is 0 Å². The van der Waals surface area contributed by atoms with Gasteiger partial charge in [0.2, 0.25) is 0 Å². The Kier molecular flexibility index (Phi) is 7.91. The SMILES string of the molecule is CCNC(=NCc1nc2ccccc2n1C)NCCC(OCC)C(C)C. The second-order valence-electron chi connectivity index (χ2n) is 6.72. The van der Waals surface area contributed by atoms with E-state index in [-0.39, 0.29) is 6.10 Å². The second kappa shape index (κ2) is 10.2. The summed E-state index contributed by atoms with van der Waals surface area (Å²) in [5, 5.41) is 6.71. The van der Waals surface area contributed by atoms with Crippen molar-refractivity contribution < 1.29 is 4.74 Å². The molecular formula is C20H33N5O. The number of guanidine groups is 1. The van der Waals surface area contributed by atoms with Crippen molar-refractivity contribution in [2.75, 3.05) is 19.7 Å². The van der Waals surface area contributed by atoms with Gasteiger partial charge in [0.05, 0.1) is 17.1 Å². The van der Waals surface area contributed by atoms with Crippen LogP contribution in [-0.2, 0) is 18.3 Å². The Morgan fingerprint density at radius 1 is 1.23 bits per heavy atom. The van der Waals surface area contributed by atoms with Gasteiger partial charge in [-0.2, -0.15) is 0 Å². The predicted octanol–water partition coefficient (Wildman–Crippen LogP) is 3.08. The quantitative estimate of drug-likeness (QED) is 0.533. The molecule has 0 saturated carbocycles. The maximum atomic E-state index is 5.81. The number of nitrogens with one attached hydrogen (secondary N) is 2. The summed E-state index contributed by atoms with van der Waals surface area (Å²) in [4.78, 5) is 9.38. The summed E-state index contributed by atoms with van der Waals surface area (Å²) >= 11 is 0. The van der Waals surface area contributed by atoms with Gasteiger partial charge in [0.25, 0.3) is 0 Å². The fourth-order valence-corrected chi connectivity index (χ4v) is 2.98. The predicted molar refractivity (Wildman–Crippen MR) is 108 cm³/mol. The Morgan fingerprint density at radius 3 is 2.65 bits per heavy atom. The van der Waals surface area contributed by atoms with Gasteiger partial charge in [0.1, 0.15) is 12.4 Å². The summed E-state index contributed by atoms with van der Waals surface area (Å²) in [7, 11) is 2.04. The fraction of sp³-hybridized carbons (Fsp3) is 0.600. The van der Waals surface area contributed by atoms with E-state index in [4.69, 9.17) is 9.73 Å². The molecule has 1 heterocycles. The first-order chi connectivity index (χ1) is 12.6. The molecule has 1 unspecified atom stereocenters. The summed E-state index contributed by atoms with van der Waals surface area (Å²) in [5.41, 5.74) is 2.14. The third kappa shape index (κ3) is 5.46. The zero-order chi connectivity index (χ0) is 18.9. The lowest BCUT2D eigenvalue weighted by Gasteiger charge is -2.21. The summed E-state index contributed by atoms with van der Waals surface area (Å²) < 4.78 is 7.91. The molecule has 2 N–H and O–H groups in total. The van der Waals surface area contributed by atoms with Crippen LogP contribution in [0, 0.1) is 5.92 Å². The van der Waals surface area contributed by atoms with E-state index < -0.39 is 0 Å². The highest BCUT2D eigenvalue weighted by molar-refractivity contribution is 5.80. The Bertz CT molecular complexity index is 707. The van der Waals surface area contributed by atoms with Gasteiger partial charge in [-0.3, -0.25) is 0 Å². The molecule has 0 radical (unpaired) electrons. The zero-order valence-electron chi connectivity index (χ0n) is 16.7. The van der Waals surface area contributed by atoms with Crippen molar-refractivity contribution >= 4 is 17.0 Å². The third-order valence-corrected chi connectivity index (χ3v) is 4.45. The standard InChI is InChI=1S/C20H33N5O/c1-6-21-20(22-13-12-18(15(3)4)26-7-2)23-14-19-24-16-10-8-9-11-17(16)25(19)5/h8-11,15,18H,6-7,12-14H2,1-5H3,(H2,21,22,23). The van der Waals surface area contributed by atoms with Crippen LogP contribution < -0.4 is 10.6 Å². The minimum absolute atomic E-state index is 0.273. The number of rotatable bonds is 9. The normalized spacial score (nSPS) is 13.4.